The van der Waals surface area contributed by atoms with E-state index in [1.54, 1.807) is 0 Å². The highest BCUT2D eigenvalue weighted by Crippen LogP contribution is 2.22. The third kappa shape index (κ3) is 7.61. The maximum absolute atomic E-state index is 4.10. The molecule has 0 radical (unpaired) electrons. The summed E-state index contributed by atoms with van der Waals surface area (Å²) in [4.78, 5) is 0. The minimum absolute atomic E-state index is 0.489. The van der Waals surface area contributed by atoms with Crippen LogP contribution in [0.4, 0.5) is 0 Å². The van der Waals surface area contributed by atoms with Gasteiger partial charge < -0.3 is 0 Å². The van der Waals surface area contributed by atoms with Crippen molar-refractivity contribution in [2.45, 2.75) is 96.8 Å². The van der Waals surface area contributed by atoms with E-state index in [0.29, 0.717) is 5.92 Å². The zero-order valence-corrected chi connectivity index (χ0v) is 13.4. The predicted molar refractivity (Wildman–Crippen MR) is 83.7 cm³/mol. The lowest BCUT2D eigenvalue weighted by Crippen LogP contribution is -2.00. The standard InChI is InChI=1S/C16H32N4/c1-3-5-6-7-8-9-10-11-12-13-14-15(4-2)16-17-19-20-18-16/h15H,3-14H2,1-2H3,(H,17,18,19,20). The predicted octanol–water partition coefficient (Wildman–Crippen LogP) is 5.00. The molecule has 0 amide bonds. The lowest BCUT2D eigenvalue weighted by atomic mass is 9.97. The third-order valence-corrected chi connectivity index (χ3v) is 4.13. The average Bonchev–Trinajstić information content (AvgIpc) is 2.99. The van der Waals surface area contributed by atoms with Gasteiger partial charge in [0, 0.05) is 5.92 Å². The Hall–Kier alpha value is -0.930. The molecule has 116 valence electrons. The van der Waals surface area contributed by atoms with Crippen LogP contribution in [0.2, 0.25) is 0 Å². The second kappa shape index (κ2) is 11.9. The van der Waals surface area contributed by atoms with Crippen molar-refractivity contribution < 1.29 is 0 Å². The van der Waals surface area contributed by atoms with Crippen LogP contribution in [0, 0.1) is 0 Å². The minimum atomic E-state index is 0.489. The van der Waals surface area contributed by atoms with Gasteiger partial charge in [0.2, 0.25) is 0 Å². The first-order valence-corrected chi connectivity index (χ1v) is 8.61. The molecule has 1 aromatic rings. The largest absolute Gasteiger partial charge is 0.177 e. The van der Waals surface area contributed by atoms with E-state index >= 15 is 0 Å². The first-order chi connectivity index (χ1) is 9.88. The lowest BCUT2D eigenvalue weighted by Gasteiger charge is -2.09. The molecule has 0 aliphatic carbocycles. The quantitative estimate of drug-likeness (QED) is 0.517. The Bertz CT molecular complexity index is 297. The van der Waals surface area contributed by atoms with Gasteiger partial charge in [0.1, 0.15) is 0 Å². The number of unbranched alkanes of at least 4 members (excludes halogenated alkanes) is 9. The molecule has 0 bridgehead atoms. The van der Waals surface area contributed by atoms with E-state index in [-0.39, 0.29) is 0 Å². The summed E-state index contributed by atoms with van der Waals surface area (Å²) < 4.78 is 0. The number of aromatic amines is 1. The highest BCUT2D eigenvalue weighted by molar-refractivity contribution is 4.89. The Morgan fingerprint density at radius 2 is 1.45 bits per heavy atom. The molecule has 20 heavy (non-hydrogen) atoms. The Morgan fingerprint density at radius 3 is 1.95 bits per heavy atom. The molecule has 1 rings (SSSR count). The Labute approximate surface area is 124 Å². The summed E-state index contributed by atoms with van der Waals surface area (Å²) in [6.07, 6.45) is 16.2. The average molecular weight is 280 g/mol. The van der Waals surface area contributed by atoms with E-state index in [4.69, 9.17) is 0 Å². The summed E-state index contributed by atoms with van der Waals surface area (Å²) in [6, 6.07) is 0. The number of hydrogen-bond donors (Lipinski definition) is 1. The second-order valence-corrected chi connectivity index (χ2v) is 5.85. The van der Waals surface area contributed by atoms with Crippen molar-refractivity contribution in [2.75, 3.05) is 0 Å². The van der Waals surface area contributed by atoms with Crippen molar-refractivity contribution in [1.29, 1.82) is 0 Å². The van der Waals surface area contributed by atoms with Gasteiger partial charge in [-0.15, -0.1) is 10.2 Å². The van der Waals surface area contributed by atoms with E-state index in [1.807, 2.05) is 0 Å². The highest BCUT2D eigenvalue weighted by atomic mass is 15.5. The molecule has 1 unspecified atom stereocenters. The van der Waals surface area contributed by atoms with E-state index in [2.05, 4.69) is 34.5 Å². The smallest absolute Gasteiger partial charge is 0.177 e. The molecule has 1 N–H and O–H groups in total. The van der Waals surface area contributed by atoms with Crippen molar-refractivity contribution >= 4 is 0 Å². The van der Waals surface area contributed by atoms with Crippen molar-refractivity contribution in [1.82, 2.24) is 20.6 Å². The van der Waals surface area contributed by atoms with E-state index in [0.717, 1.165) is 12.2 Å². The highest BCUT2D eigenvalue weighted by Gasteiger charge is 2.13. The molecule has 0 saturated carbocycles. The van der Waals surface area contributed by atoms with Crippen LogP contribution in [0.5, 0.6) is 0 Å². The van der Waals surface area contributed by atoms with Gasteiger partial charge in [-0.2, -0.15) is 5.21 Å². The van der Waals surface area contributed by atoms with Crippen LogP contribution in [0.25, 0.3) is 0 Å². The van der Waals surface area contributed by atoms with Crippen LogP contribution in [-0.2, 0) is 0 Å². The van der Waals surface area contributed by atoms with Crippen LogP contribution in [0.1, 0.15) is 103 Å². The Morgan fingerprint density at radius 1 is 0.850 bits per heavy atom. The van der Waals surface area contributed by atoms with Crippen LogP contribution in [-0.4, -0.2) is 20.6 Å². The molecule has 0 aliphatic heterocycles. The second-order valence-electron chi connectivity index (χ2n) is 5.85. The zero-order chi connectivity index (χ0) is 14.5. The summed E-state index contributed by atoms with van der Waals surface area (Å²) in [5.41, 5.74) is 0. The van der Waals surface area contributed by atoms with Gasteiger partial charge in [-0.1, -0.05) is 83.3 Å². The fourth-order valence-corrected chi connectivity index (χ4v) is 2.74. The fraction of sp³-hybridized carbons (Fsp3) is 0.938. The number of nitrogens with one attached hydrogen (secondary N) is 1. The molecule has 0 saturated heterocycles. The van der Waals surface area contributed by atoms with Gasteiger partial charge in [-0.05, 0) is 12.8 Å². The number of nitrogens with zero attached hydrogens (tertiary/aromatic N) is 3. The maximum atomic E-state index is 4.10. The number of hydrogen-bond acceptors (Lipinski definition) is 3. The number of H-pyrrole nitrogens is 1. The monoisotopic (exact) mass is 280 g/mol. The molecule has 1 atom stereocenters. The van der Waals surface area contributed by atoms with Crippen LogP contribution in [0.3, 0.4) is 0 Å². The molecule has 4 heteroatoms. The zero-order valence-electron chi connectivity index (χ0n) is 13.4. The number of rotatable bonds is 13. The van der Waals surface area contributed by atoms with Crippen molar-refractivity contribution in [3.8, 4) is 0 Å². The Balaban J connectivity index is 1.91. The van der Waals surface area contributed by atoms with Gasteiger partial charge >= 0.3 is 0 Å². The third-order valence-electron chi connectivity index (χ3n) is 4.13. The molecule has 0 aliphatic rings. The molecule has 0 fully saturated rings. The van der Waals surface area contributed by atoms with Gasteiger partial charge in [0.05, 0.1) is 0 Å². The van der Waals surface area contributed by atoms with Crippen molar-refractivity contribution in [2.24, 2.45) is 0 Å². The summed E-state index contributed by atoms with van der Waals surface area (Å²) in [5, 5.41) is 14.4. The Kier molecular flexibility index (Phi) is 10.2. The molecule has 0 aromatic carbocycles. The first-order valence-electron chi connectivity index (χ1n) is 8.61. The summed E-state index contributed by atoms with van der Waals surface area (Å²) in [5.74, 6) is 1.38. The fourth-order valence-electron chi connectivity index (χ4n) is 2.74. The van der Waals surface area contributed by atoms with Gasteiger partial charge in [-0.3, -0.25) is 0 Å². The molecular formula is C16H32N4. The topological polar surface area (TPSA) is 54.5 Å². The van der Waals surface area contributed by atoms with Crippen LogP contribution < -0.4 is 0 Å². The van der Waals surface area contributed by atoms with E-state index in [9.17, 15) is 0 Å². The normalized spacial score (nSPS) is 12.7. The molecule has 0 spiro atoms. The number of tetrazole rings is 1. The van der Waals surface area contributed by atoms with Gasteiger partial charge in [-0.25, -0.2) is 0 Å². The first kappa shape index (κ1) is 17.1. The van der Waals surface area contributed by atoms with Crippen LogP contribution >= 0.6 is 0 Å². The van der Waals surface area contributed by atoms with Gasteiger partial charge in [0.25, 0.3) is 0 Å². The molecule has 4 nitrogen and oxygen atoms in total. The number of aromatic nitrogens is 4. The molecule has 1 aromatic heterocycles. The molecular weight excluding hydrogens is 248 g/mol. The summed E-state index contributed by atoms with van der Waals surface area (Å²) in [6.45, 7) is 4.48. The van der Waals surface area contributed by atoms with Gasteiger partial charge in [0.15, 0.2) is 5.82 Å². The van der Waals surface area contributed by atoms with Crippen molar-refractivity contribution in [3.05, 3.63) is 5.82 Å². The summed E-state index contributed by atoms with van der Waals surface area (Å²) in [7, 11) is 0. The molecule has 1 heterocycles. The van der Waals surface area contributed by atoms with Crippen molar-refractivity contribution in [3.63, 3.8) is 0 Å². The maximum Gasteiger partial charge on any atom is 0.177 e. The van der Waals surface area contributed by atoms with E-state index < -0.39 is 0 Å². The van der Waals surface area contributed by atoms with Crippen LogP contribution in [0.15, 0.2) is 0 Å². The summed E-state index contributed by atoms with van der Waals surface area (Å²) >= 11 is 0. The SMILES string of the molecule is CCCCCCCCCCCCC(CC)c1nn[nH]n1. The minimum Gasteiger partial charge on any atom is -0.177 e. The van der Waals surface area contributed by atoms with E-state index in [1.165, 1.54) is 70.6 Å². The lowest BCUT2D eigenvalue weighted by molar-refractivity contribution is 0.505.